The fourth-order valence-electron chi connectivity index (χ4n) is 2.24. The molecule has 1 saturated heterocycles. The second kappa shape index (κ2) is 7.36. The fourth-order valence-corrected chi connectivity index (χ4v) is 2.24. The molecular formula is C14H21ClN2O2. The highest BCUT2D eigenvalue weighted by atomic mass is 35.5. The molecule has 2 rings (SSSR count). The first-order valence-corrected chi connectivity index (χ1v) is 6.41. The lowest BCUT2D eigenvalue weighted by Crippen LogP contribution is -2.39. The molecule has 2 atom stereocenters. The molecule has 1 heterocycles. The van der Waals surface area contributed by atoms with Crippen LogP contribution in [-0.4, -0.2) is 36.5 Å². The average Bonchev–Trinajstić information content (AvgIpc) is 2.87. The van der Waals surface area contributed by atoms with Crippen molar-refractivity contribution in [2.75, 3.05) is 19.6 Å². The smallest absolute Gasteiger partial charge is 0.263 e. The minimum Gasteiger partial charge on any atom is -0.481 e. The summed E-state index contributed by atoms with van der Waals surface area (Å²) in [5.41, 5.74) is 5.63. The van der Waals surface area contributed by atoms with Crippen molar-refractivity contribution < 1.29 is 9.53 Å². The van der Waals surface area contributed by atoms with E-state index in [9.17, 15) is 4.79 Å². The van der Waals surface area contributed by atoms with E-state index in [0.717, 1.165) is 25.3 Å². The third-order valence-electron chi connectivity index (χ3n) is 3.33. The summed E-state index contributed by atoms with van der Waals surface area (Å²) in [7, 11) is 0. The number of halogens is 1. The van der Waals surface area contributed by atoms with Gasteiger partial charge in [0.2, 0.25) is 0 Å². The zero-order valence-electron chi connectivity index (χ0n) is 11.1. The first-order valence-electron chi connectivity index (χ1n) is 6.41. The van der Waals surface area contributed by atoms with Crippen LogP contribution in [0, 0.1) is 5.92 Å². The van der Waals surface area contributed by atoms with E-state index in [2.05, 4.69) is 0 Å². The van der Waals surface area contributed by atoms with E-state index in [1.54, 1.807) is 6.92 Å². The third-order valence-corrected chi connectivity index (χ3v) is 3.33. The van der Waals surface area contributed by atoms with Gasteiger partial charge < -0.3 is 15.4 Å². The first-order chi connectivity index (χ1) is 8.70. The maximum atomic E-state index is 12.2. The Labute approximate surface area is 120 Å². The summed E-state index contributed by atoms with van der Waals surface area (Å²) in [6, 6.07) is 9.43. The van der Waals surface area contributed by atoms with Gasteiger partial charge in [-0.1, -0.05) is 18.2 Å². The van der Waals surface area contributed by atoms with Crippen LogP contribution < -0.4 is 10.5 Å². The van der Waals surface area contributed by atoms with Crippen molar-refractivity contribution >= 4 is 18.3 Å². The number of hydrogen-bond donors (Lipinski definition) is 1. The van der Waals surface area contributed by atoms with Gasteiger partial charge in [-0.05, 0) is 37.9 Å². The molecule has 1 aromatic carbocycles. The number of nitrogens with two attached hydrogens (primary N) is 1. The van der Waals surface area contributed by atoms with E-state index in [4.69, 9.17) is 10.5 Å². The van der Waals surface area contributed by atoms with Gasteiger partial charge in [0.05, 0.1) is 0 Å². The summed E-state index contributed by atoms with van der Waals surface area (Å²) in [6.45, 7) is 4.00. The molecule has 1 fully saturated rings. The number of carbonyl (C=O) groups excluding carboxylic acids is 1. The molecule has 0 bridgehead atoms. The van der Waals surface area contributed by atoms with Crippen LogP contribution in [0.4, 0.5) is 0 Å². The van der Waals surface area contributed by atoms with E-state index in [1.165, 1.54) is 0 Å². The number of amides is 1. The molecule has 4 nitrogen and oxygen atoms in total. The Hall–Kier alpha value is -1.26. The second-order valence-electron chi connectivity index (χ2n) is 4.75. The third kappa shape index (κ3) is 4.11. The van der Waals surface area contributed by atoms with Crippen molar-refractivity contribution in [3.63, 3.8) is 0 Å². The van der Waals surface area contributed by atoms with Crippen molar-refractivity contribution in [2.24, 2.45) is 11.7 Å². The predicted octanol–water partition coefficient (Wildman–Crippen LogP) is 1.68. The van der Waals surface area contributed by atoms with E-state index in [1.807, 2.05) is 35.2 Å². The van der Waals surface area contributed by atoms with Gasteiger partial charge in [0.15, 0.2) is 6.10 Å². The summed E-state index contributed by atoms with van der Waals surface area (Å²) in [4.78, 5) is 14.0. The first kappa shape index (κ1) is 15.8. The Morgan fingerprint density at radius 3 is 2.74 bits per heavy atom. The van der Waals surface area contributed by atoms with Crippen molar-refractivity contribution in [1.82, 2.24) is 4.90 Å². The zero-order valence-corrected chi connectivity index (χ0v) is 11.9. The Morgan fingerprint density at radius 2 is 2.16 bits per heavy atom. The Balaban J connectivity index is 0.00000180. The Bertz CT molecular complexity index is 400. The molecule has 0 spiro atoms. The fraction of sp³-hybridized carbons (Fsp3) is 0.500. The molecule has 0 saturated carbocycles. The van der Waals surface area contributed by atoms with Crippen LogP contribution in [0.25, 0.3) is 0 Å². The highest BCUT2D eigenvalue weighted by molar-refractivity contribution is 5.85. The summed E-state index contributed by atoms with van der Waals surface area (Å²) in [6.07, 6.45) is 0.559. The van der Waals surface area contributed by atoms with Crippen LogP contribution in [0.3, 0.4) is 0 Å². The number of rotatable bonds is 4. The molecule has 0 radical (unpaired) electrons. The maximum Gasteiger partial charge on any atom is 0.263 e. The van der Waals surface area contributed by atoms with E-state index in [0.29, 0.717) is 12.5 Å². The largest absolute Gasteiger partial charge is 0.481 e. The standard InChI is InChI=1S/C14H20N2O2.ClH/c1-11(18-13-5-3-2-4-6-13)14(17)16-8-7-12(9-15)10-16;/h2-6,11-12H,7-10,15H2,1H3;1H. The van der Waals surface area contributed by atoms with Gasteiger partial charge in [-0.3, -0.25) is 4.79 Å². The predicted molar refractivity (Wildman–Crippen MR) is 77.5 cm³/mol. The highest BCUT2D eigenvalue weighted by Crippen LogP contribution is 2.18. The van der Waals surface area contributed by atoms with Crippen LogP contribution in [0.2, 0.25) is 0 Å². The summed E-state index contributed by atoms with van der Waals surface area (Å²) >= 11 is 0. The molecule has 1 amide bonds. The number of benzene rings is 1. The van der Waals surface area contributed by atoms with Crippen LogP contribution in [0.15, 0.2) is 30.3 Å². The summed E-state index contributed by atoms with van der Waals surface area (Å²) in [5, 5.41) is 0. The van der Waals surface area contributed by atoms with Crippen molar-refractivity contribution in [3.8, 4) is 5.75 Å². The van der Waals surface area contributed by atoms with Crippen LogP contribution in [-0.2, 0) is 4.79 Å². The van der Waals surface area contributed by atoms with Crippen LogP contribution >= 0.6 is 12.4 Å². The molecule has 106 valence electrons. The van der Waals surface area contributed by atoms with Crippen molar-refractivity contribution in [1.29, 1.82) is 0 Å². The summed E-state index contributed by atoms with van der Waals surface area (Å²) < 4.78 is 5.63. The number of para-hydroxylation sites is 1. The van der Waals surface area contributed by atoms with Crippen molar-refractivity contribution in [3.05, 3.63) is 30.3 Å². The molecule has 1 aromatic rings. The molecule has 5 heteroatoms. The molecule has 2 N–H and O–H groups in total. The molecule has 0 aliphatic carbocycles. The lowest BCUT2D eigenvalue weighted by molar-refractivity contribution is -0.136. The SMILES string of the molecule is CC(Oc1ccccc1)C(=O)N1CCC(CN)C1.Cl. The number of nitrogens with zero attached hydrogens (tertiary/aromatic N) is 1. The zero-order chi connectivity index (χ0) is 13.0. The van der Waals surface area contributed by atoms with Gasteiger partial charge in [-0.2, -0.15) is 0 Å². The summed E-state index contributed by atoms with van der Waals surface area (Å²) in [5.74, 6) is 1.22. The highest BCUT2D eigenvalue weighted by Gasteiger charge is 2.29. The number of likely N-dealkylation sites (tertiary alicyclic amines) is 1. The molecular weight excluding hydrogens is 264 g/mol. The Morgan fingerprint density at radius 1 is 1.47 bits per heavy atom. The van der Waals surface area contributed by atoms with Crippen LogP contribution in [0.5, 0.6) is 5.75 Å². The molecule has 1 aliphatic rings. The maximum absolute atomic E-state index is 12.2. The number of hydrogen-bond acceptors (Lipinski definition) is 3. The quantitative estimate of drug-likeness (QED) is 0.915. The van der Waals surface area contributed by atoms with Gasteiger partial charge in [-0.15, -0.1) is 12.4 Å². The molecule has 0 aromatic heterocycles. The monoisotopic (exact) mass is 284 g/mol. The van der Waals surface area contributed by atoms with Crippen LogP contribution in [0.1, 0.15) is 13.3 Å². The minimum atomic E-state index is -0.441. The van der Waals surface area contributed by atoms with E-state index < -0.39 is 6.10 Å². The normalized spacial score (nSPS) is 19.7. The van der Waals surface area contributed by atoms with E-state index >= 15 is 0 Å². The molecule has 1 aliphatic heterocycles. The molecule has 19 heavy (non-hydrogen) atoms. The second-order valence-corrected chi connectivity index (χ2v) is 4.75. The molecule has 2 unspecified atom stereocenters. The lowest BCUT2D eigenvalue weighted by atomic mass is 10.1. The van der Waals surface area contributed by atoms with E-state index in [-0.39, 0.29) is 18.3 Å². The Kier molecular flexibility index (Phi) is 6.12. The van der Waals surface area contributed by atoms with Gasteiger partial charge >= 0.3 is 0 Å². The van der Waals surface area contributed by atoms with Gasteiger partial charge in [-0.25, -0.2) is 0 Å². The number of carbonyl (C=O) groups is 1. The van der Waals surface area contributed by atoms with Gasteiger partial charge in [0.25, 0.3) is 5.91 Å². The van der Waals surface area contributed by atoms with Gasteiger partial charge in [0, 0.05) is 13.1 Å². The lowest BCUT2D eigenvalue weighted by Gasteiger charge is -2.21. The topological polar surface area (TPSA) is 55.6 Å². The number of ether oxygens (including phenoxy) is 1. The average molecular weight is 285 g/mol. The van der Waals surface area contributed by atoms with Gasteiger partial charge in [0.1, 0.15) is 5.75 Å². The minimum absolute atomic E-state index is 0. The van der Waals surface area contributed by atoms with Crippen molar-refractivity contribution in [2.45, 2.75) is 19.4 Å².